The lowest BCUT2D eigenvalue weighted by atomic mass is 10.0. The standard InChI is InChI=1S/C25H27N3O5/c1-33-16-6-13-28-24(31)20-10-9-19(17-21(20)25(28)32)23(30)27-12-5-11-26(14-15-27)22(29)18-7-3-2-4-8-18/h2-4,7-10,17H,5-6,11-16H2,1H3. The van der Waals surface area contributed by atoms with Crippen LogP contribution in [-0.2, 0) is 4.74 Å². The van der Waals surface area contributed by atoms with Crippen LogP contribution in [0.5, 0.6) is 0 Å². The fourth-order valence-corrected chi connectivity index (χ4v) is 4.26. The van der Waals surface area contributed by atoms with Crippen LogP contribution in [0, 0.1) is 0 Å². The van der Waals surface area contributed by atoms with Crippen LogP contribution in [0.2, 0.25) is 0 Å². The van der Waals surface area contributed by atoms with Gasteiger partial charge in [-0.3, -0.25) is 24.1 Å². The van der Waals surface area contributed by atoms with Crippen molar-refractivity contribution in [3.8, 4) is 0 Å². The van der Waals surface area contributed by atoms with E-state index in [9.17, 15) is 19.2 Å². The number of fused-ring (bicyclic) bond motifs is 1. The molecule has 0 aliphatic carbocycles. The first-order valence-electron chi connectivity index (χ1n) is 11.1. The van der Waals surface area contributed by atoms with Crippen molar-refractivity contribution < 1.29 is 23.9 Å². The predicted octanol–water partition coefficient (Wildman–Crippen LogP) is 2.31. The smallest absolute Gasteiger partial charge is 0.261 e. The molecule has 2 aliphatic heterocycles. The first kappa shape index (κ1) is 22.7. The Kier molecular flexibility index (Phi) is 6.84. The van der Waals surface area contributed by atoms with Gasteiger partial charge >= 0.3 is 0 Å². The van der Waals surface area contributed by atoms with Crippen LogP contribution in [0.1, 0.15) is 54.3 Å². The van der Waals surface area contributed by atoms with Gasteiger partial charge in [0.25, 0.3) is 23.6 Å². The van der Waals surface area contributed by atoms with Gasteiger partial charge in [-0.05, 0) is 43.2 Å². The molecule has 2 aliphatic rings. The number of imide groups is 1. The molecule has 0 bridgehead atoms. The molecule has 0 N–H and O–H groups in total. The molecule has 33 heavy (non-hydrogen) atoms. The van der Waals surface area contributed by atoms with Crippen LogP contribution in [-0.4, -0.2) is 84.8 Å². The number of carbonyl (C=O) groups excluding carboxylic acids is 4. The Labute approximate surface area is 192 Å². The highest BCUT2D eigenvalue weighted by Crippen LogP contribution is 2.25. The second kappa shape index (κ2) is 9.95. The van der Waals surface area contributed by atoms with Gasteiger partial charge in [0.1, 0.15) is 0 Å². The van der Waals surface area contributed by atoms with E-state index in [1.54, 1.807) is 41.2 Å². The highest BCUT2D eigenvalue weighted by molar-refractivity contribution is 6.22. The predicted molar refractivity (Wildman–Crippen MR) is 121 cm³/mol. The van der Waals surface area contributed by atoms with Crippen molar-refractivity contribution in [2.24, 2.45) is 0 Å². The Morgan fingerprint density at radius 3 is 2.12 bits per heavy atom. The minimum absolute atomic E-state index is 0.0416. The Bertz CT molecular complexity index is 1070. The number of carbonyl (C=O) groups is 4. The maximum atomic E-state index is 13.2. The number of hydrogen-bond acceptors (Lipinski definition) is 5. The van der Waals surface area contributed by atoms with Gasteiger partial charge in [0.15, 0.2) is 0 Å². The molecule has 8 nitrogen and oxygen atoms in total. The molecular weight excluding hydrogens is 422 g/mol. The van der Waals surface area contributed by atoms with Gasteiger partial charge in [-0.15, -0.1) is 0 Å². The van der Waals surface area contributed by atoms with Crippen LogP contribution in [0.25, 0.3) is 0 Å². The normalized spacial score (nSPS) is 16.1. The van der Waals surface area contributed by atoms with Gasteiger partial charge in [0.2, 0.25) is 0 Å². The number of amides is 4. The molecular formula is C25H27N3O5. The summed E-state index contributed by atoms with van der Waals surface area (Å²) in [5.41, 5.74) is 1.59. The van der Waals surface area contributed by atoms with Crippen molar-refractivity contribution in [1.29, 1.82) is 0 Å². The summed E-state index contributed by atoms with van der Waals surface area (Å²) in [7, 11) is 1.57. The van der Waals surface area contributed by atoms with E-state index in [1.165, 1.54) is 11.0 Å². The van der Waals surface area contributed by atoms with Crippen LogP contribution >= 0.6 is 0 Å². The van der Waals surface area contributed by atoms with Crippen molar-refractivity contribution >= 4 is 23.6 Å². The maximum absolute atomic E-state index is 13.2. The van der Waals surface area contributed by atoms with E-state index in [4.69, 9.17) is 4.74 Å². The van der Waals surface area contributed by atoms with E-state index in [1.807, 2.05) is 18.2 Å². The summed E-state index contributed by atoms with van der Waals surface area (Å²) in [6.45, 7) is 2.67. The van der Waals surface area contributed by atoms with Crippen molar-refractivity contribution in [2.75, 3.05) is 46.4 Å². The molecule has 2 heterocycles. The van der Waals surface area contributed by atoms with Crippen LogP contribution in [0.3, 0.4) is 0 Å². The van der Waals surface area contributed by atoms with Gasteiger partial charge in [0, 0.05) is 57.6 Å². The highest BCUT2D eigenvalue weighted by Gasteiger charge is 2.36. The number of hydrogen-bond donors (Lipinski definition) is 0. The SMILES string of the molecule is COCCCN1C(=O)c2ccc(C(=O)N3CCCN(C(=O)c4ccccc4)CC3)cc2C1=O. The minimum Gasteiger partial charge on any atom is -0.385 e. The van der Waals surface area contributed by atoms with Crippen LogP contribution < -0.4 is 0 Å². The average molecular weight is 450 g/mol. The number of ether oxygens (including phenoxy) is 1. The monoisotopic (exact) mass is 449 g/mol. The minimum atomic E-state index is -0.378. The summed E-state index contributed by atoms with van der Waals surface area (Å²) in [6.07, 6.45) is 1.22. The molecule has 0 radical (unpaired) electrons. The molecule has 0 aromatic heterocycles. The average Bonchev–Trinajstić information content (AvgIpc) is 3.01. The number of methoxy groups -OCH3 is 1. The largest absolute Gasteiger partial charge is 0.385 e. The zero-order chi connectivity index (χ0) is 23.4. The quantitative estimate of drug-likeness (QED) is 0.499. The Morgan fingerprint density at radius 1 is 0.818 bits per heavy atom. The summed E-state index contributed by atoms with van der Waals surface area (Å²) in [5, 5.41) is 0. The van der Waals surface area contributed by atoms with E-state index >= 15 is 0 Å². The van der Waals surface area contributed by atoms with Crippen molar-refractivity contribution in [3.63, 3.8) is 0 Å². The lowest BCUT2D eigenvalue weighted by Gasteiger charge is -2.22. The van der Waals surface area contributed by atoms with Gasteiger partial charge in [0.05, 0.1) is 11.1 Å². The summed E-state index contributed by atoms with van der Waals surface area (Å²) < 4.78 is 5.00. The fourth-order valence-electron chi connectivity index (χ4n) is 4.26. The Morgan fingerprint density at radius 2 is 1.45 bits per heavy atom. The molecule has 0 unspecified atom stereocenters. The molecule has 0 atom stereocenters. The summed E-state index contributed by atoms with van der Waals surface area (Å²) in [4.78, 5) is 55.9. The highest BCUT2D eigenvalue weighted by atomic mass is 16.5. The lowest BCUT2D eigenvalue weighted by Crippen LogP contribution is -2.37. The van der Waals surface area contributed by atoms with Crippen LogP contribution in [0.4, 0.5) is 0 Å². The first-order valence-corrected chi connectivity index (χ1v) is 11.1. The number of nitrogens with zero attached hydrogens (tertiary/aromatic N) is 3. The van der Waals surface area contributed by atoms with Gasteiger partial charge in [-0.1, -0.05) is 18.2 Å². The Balaban J connectivity index is 1.44. The van der Waals surface area contributed by atoms with Crippen LogP contribution in [0.15, 0.2) is 48.5 Å². The molecule has 2 aromatic rings. The molecule has 0 spiro atoms. The van der Waals surface area contributed by atoms with Crippen molar-refractivity contribution in [2.45, 2.75) is 12.8 Å². The second-order valence-electron chi connectivity index (χ2n) is 8.17. The second-order valence-corrected chi connectivity index (χ2v) is 8.17. The molecule has 4 amide bonds. The third-order valence-electron chi connectivity index (χ3n) is 6.04. The zero-order valence-electron chi connectivity index (χ0n) is 18.7. The van der Waals surface area contributed by atoms with Gasteiger partial charge < -0.3 is 14.5 Å². The topological polar surface area (TPSA) is 87.2 Å². The third-order valence-corrected chi connectivity index (χ3v) is 6.04. The van der Waals surface area contributed by atoms with Crippen molar-refractivity contribution in [1.82, 2.24) is 14.7 Å². The van der Waals surface area contributed by atoms with Gasteiger partial charge in [-0.25, -0.2) is 0 Å². The number of rotatable bonds is 6. The van der Waals surface area contributed by atoms with Gasteiger partial charge in [-0.2, -0.15) is 0 Å². The molecule has 0 saturated carbocycles. The van der Waals surface area contributed by atoms with E-state index in [0.29, 0.717) is 62.3 Å². The maximum Gasteiger partial charge on any atom is 0.261 e. The third kappa shape index (κ3) is 4.66. The van der Waals surface area contributed by atoms with E-state index in [2.05, 4.69) is 0 Å². The summed E-state index contributed by atoms with van der Waals surface area (Å²) in [6, 6.07) is 13.8. The molecule has 4 rings (SSSR count). The summed E-state index contributed by atoms with van der Waals surface area (Å²) in [5.74, 6) is -0.962. The lowest BCUT2D eigenvalue weighted by molar-refractivity contribution is 0.0637. The molecule has 2 aromatic carbocycles. The summed E-state index contributed by atoms with van der Waals surface area (Å²) >= 11 is 0. The molecule has 1 saturated heterocycles. The molecule has 1 fully saturated rings. The Hall–Kier alpha value is -3.52. The van der Waals surface area contributed by atoms with Crippen molar-refractivity contribution in [3.05, 3.63) is 70.8 Å². The zero-order valence-corrected chi connectivity index (χ0v) is 18.7. The first-order chi connectivity index (χ1) is 16.0. The number of benzene rings is 2. The van der Waals surface area contributed by atoms with E-state index in [-0.39, 0.29) is 35.7 Å². The molecule has 172 valence electrons. The fraction of sp³-hybridized carbons (Fsp3) is 0.360. The molecule has 8 heteroatoms. The van der Waals surface area contributed by atoms with E-state index in [0.717, 1.165) is 0 Å². The van der Waals surface area contributed by atoms with E-state index < -0.39 is 0 Å².